The molecule has 4 nitrogen and oxygen atoms in total. The summed E-state index contributed by atoms with van der Waals surface area (Å²) in [7, 11) is 3.62. The lowest BCUT2D eigenvalue weighted by atomic mass is 9.99. The second-order valence-electron chi connectivity index (χ2n) is 4.96. The van der Waals surface area contributed by atoms with Crippen molar-refractivity contribution in [1.29, 1.82) is 0 Å². The Morgan fingerprint density at radius 2 is 2.05 bits per heavy atom. The normalized spacial score (nSPS) is 12.5. The molecule has 0 spiro atoms. The maximum absolute atomic E-state index is 6.33. The second kappa shape index (κ2) is 5.45. The number of hydrogen-bond acceptors (Lipinski definition) is 3. The molecule has 0 aliphatic carbocycles. The zero-order chi connectivity index (χ0) is 14.0. The number of methoxy groups -OCH3 is 1. The molecule has 1 heterocycles. The van der Waals surface area contributed by atoms with Crippen LogP contribution in [0.2, 0.25) is 0 Å². The van der Waals surface area contributed by atoms with Crippen LogP contribution in [0.1, 0.15) is 28.6 Å². The number of rotatable bonds is 4. The molecule has 0 fully saturated rings. The smallest absolute Gasteiger partial charge is 0.123 e. The third-order valence-electron chi connectivity index (χ3n) is 3.31. The van der Waals surface area contributed by atoms with Crippen LogP contribution in [-0.2, 0) is 13.5 Å². The molecule has 1 aromatic heterocycles. The zero-order valence-electron chi connectivity index (χ0n) is 12.0. The van der Waals surface area contributed by atoms with Crippen LogP contribution < -0.4 is 10.5 Å². The van der Waals surface area contributed by atoms with Crippen molar-refractivity contribution in [3.05, 3.63) is 46.8 Å². The molecule has 2 aromatic rings. The summed E-state index contributed by atoms with van der Waals surface area (Å²) < 4.78 is 7.28. The molecule has 0 saturated heterocycles. The van der Waals surface area contributed by atoms with Gasteiger partial charge >= 0.3 is 0 Å². The summed E-state index contributed by atoms with van der Waals surface area (Å²) in [6, 6.07) is 8.07. The minimum Gasteiger partial charge on any atom is -0.496 e. The standard InChI is InChI=1S/C15H21N3O/c1-10-5-6-15(19-4)13(7-10)14(16)9-12-8-11(2)17-18(12)3/h5-8,14H,9,16H2,1-4H3. The quantitative estimate of drug-likeness (QED) is 0.916. The van der Waals surface area contributed by atoms with Crippen LogP contribution >= 0.6 is 0 Å². The van der Waals surface area contributed by atoms with Gasteiger partial charge in [0.1, 0.15) is 5.75 Å². The van der Waals surface area contributed by atoms with Gasteiger partial charge in [-0.25, -0.2) is 0 Å². The highest BCUT2D eigenvalue weighted by atomic mass is 16.5. The van der Waals surface area contributed by atoms with Gasteiger partial charge in [-0.05, 0) is 26.0 Å². The van der Waals surface area contributed by atoms with Crippen molar-refractivity contribution in [2.45, 2.75) is 26.3 Å². The van der Waals surface area contributed by atoms with Gasteiger partial charge in [0.2, 0.25) is 0 Å². The number of ether oxygens (including phenoxy) is 1. The summed E-state index contributed by atoms with van der Waals surface area (Å²) in [5.41, 5.74) is 10.7. The molecule has 0 bridgehead atoms. The SMILES string of the molecule is COc1ccc(C)cc1C(N)Cc1cc(C)nn1C. The van der Waals surface area contributed by atoms with Gasteiger partial charge in [-0.3, -0.25) is 4.68 Å². The number of aromatic nitrogens is 2. The molecule has 0 aliphatic heterocycles. The number of hydrogen-bond donors (Lipinski definition) is 1. The van der Waals surface area contributed by atoms with E-state index in [2.05, 4.69) is 24.2 Å². The van der Waals surface area contributed by atoms with Crippen LogP contribution in [0, 0.1) is 13.8 Å². The fourth-order valence-electron chi connectivity index (χ4n) is 2.33. The molecule has 2 rings (SSSR count). The minimum absolute atomic E-state index is 0.0929. The van der Waals surface area contributed by atoms with Crippen molar-refractivity contribution in [2.75, 3.05) is 7.11 Å². The van der Waals surface area contributed by atoms with Crippen molar-refractivity contribution >= 4 is 0 Å². The molecular formula is C15H21N3O. The van der Waals surface area contributed by atoms with Crippen LogP contribution in [0.5, 0.6) is 5.75 Å². The summed E-state index contributed by atoms with van der Waals surface area (Å²) in [6.45, 7) is 4.05. The summed E-state index contributed by atoms with van der Waals surface area (Å²) in [6.07, 6.45) is 0.747. The van der Waals surface area contributed by atoms with Crippen LogP contribution in [0.15, 0.2) is 24.3 Å². The van der Waals surface area contributed by atoms with Gasteiger partial charge in [0.15, 0.2) is 0 Å². The first-order valence-electron chi connectivity index (χ1n) is 6.41. The minimum atomic E-state index is -0.0929. The van der Waals surface area contributed by atoms with Gasteiger partial charge in [-0.15, -0.1) is 0 Å². The highest BCUT2D eigenvalue weighted by Gasteiger charge is 2.15. The van der Waals surface area contributed by atoms with Crippen molar-refractivity contribution in [1.82, 2.24) is 9.78 Å². The maximum Gasteiger partial charge on any atom is 0.123 e. The average molecular weight is 259 g/mol. The first-order chi connectivity index (χ1) is 9.01. The summed E-state index contributed by atoms with van der Waals surface area (Å²) >= 11 is 0. The van der Waals surface area contributed by atoms with E-state index < -0.39 is 0 Å². The first-order valence-corrected chi connectivity index (χ1v) is 6.41. The molecule has 0 aliphatic rings. The number of aryl methyl sites for hydroxylation is 3. The van der Waals surface area contributed by atoms with Gasteiger partial charge in [-0.1, -0.05) is 17.7 Å². The van der Waals surface area contributed by atoms with E-state index in [9.17, 15) is 0 Å². The second-order valence-corrected chi connectivity index (χ2v) is 4.96. The lowest BCUT2D eigenvalue weighted by Gasteiger charge is -2.16. The highest BCUT2D eigenvalue weighted by molar-refractivity contribution is 5.39. The summed E-state index contributed by atoms with van der Waals surface area (Å²) in [4.78, 5) is 0. The van der Waals surface area contributed by atoms with Gasteiger partial charge in [0.25, 0.3) is 0 Å². The largest absolute Gasteiger partial charge is 0.496 e. The predicted octanol–water partition coefficient (Wildman–Crippen LogP) is 2.29. The Morgan fingerprint density at radius 1 is 1.32 bits per heavy atom. The van der Waals surface area contributed by atoms with E-state index in [0.29, 0.717) is 0 Å². The Bertz CT molecular complexity index is 575. The van der Waals surface area contributed by atoms with E-state index >= 15 is 0 Å². The molecule has 2 N–H and O–H groups in total. The van der Waals surface area contributed by atoms with Crippen LogP contribution in [0.25, 0.3) is 0 Å². The van der Waals surface area contributed by atoms with E-state index in [1.807, 2.05) is 30.8 Å². The Labute approximate surface area is 114 Å². The monoisotopic (exact) mass is 259 g/mol. The molecule has 102 valence electrons. The first kappa shape index (κ1) is 13.6. The van der Waals surface area contributed by atoms with Gasteiger partial charge in [0, 0.05) is 30.8 Å². The van der Waals surface area contributed by atoms with Gasteiger partial charge in [0.05, 0.1) is 12.8 Å². The Hall–Kier alpha value is -1.81. The maximum atomic E-state index is 6.33. The van der Waals surface area contributed by atoms with Crippen LogP contribution in [0.4, 0.5) is 0 Å². The lowest BCUT2D eigenvalue weighted by molar-refractivity contribution is 0.405. The van der Waals surface area contributed by atoms with Crippen LogP contribution in [0.3, 0.4) is 0 Å². The molecule has 1 unspecified atom stereocenters. The third-order valence-corrected chi connectivity index (χ3v) is 3.31. The number of benzene rings is 1. The van der Waals surface area contributed by atoms with E-state index in [4.69, 9.17) is 10.5 Å². The summed E-state index contributed by atoms with van der Waals surface area (Å²) in [5.74, 6) is 0.844. The molecule has 19 heavy (non-hydrogen) atoms. The highest BCUT2D eigenvalue weighted by Crippen LogP contribution is 2.27. The van der Waals surface area contributed by atoms with E-state index in [-0.39, 0.29) is 6.04 Å². The zero-order valence-corrected chi connectivity index (χ0v) is 12.0. The molecule has 4 heteroatoms. The van der Waals surface area contributed by atoms with Crippen molar-refractivity contribution < 1.29 is 4.74 Å². The van der Waals surface area contributed by atoms with E-state index in [1.165, 1.54) is 5.56 Å². The fraction of sp³-hybridized carbons (Fsp3) is 0.400. The third kappa shape index (κ3) is 2.96. The topological polar surface area (TPSA) is 53.1 Å². The molecule has 1 atom stereocenters. The van der Waals surface area contributed by atoms with E-state index in [0.717, 1.165) is 29.1 Å². The molecular weight excluding hydrogens is 238 g/mol. The van der Waals surface area contributed by atoms with Gasteiger partial charge in [-0.2, -0.15) is 5.10 Å². The molecule has 1 aromatic carbocycles. The van der Waals surface area contributed by atoms with Crippen molar-refractivity contribution in [3.8, 4) is 5.75 Å². The van der Waals surface area contributed by atoms with Gasteiger partial charge < -0.3 is 10.5 Å². The Kier molecular flexibility index (Phi) is 3.90. The van der Waals surface area contributed by atoms with Crippen molar-refractivity contribution in [2.24, 2.45) is 12.8 Å². The average Bonchev–Trinajstić information content (AvgIpc) is 2.67. The fourth-order valence-corrected chi connectivity index (χ4v) is 2.33. The van der Waals surface area contributed by atoms with Crippen LogP contribution in [-0.4, -0.2) is 16.9 Å². The number of nitrogens with zero attached hydrogens (tertiary/aromatic N) is 2. The molecule has 0 amide bonds. The Balaban J connectivity index is 2.26. The Morgan fingerprint density at radius 3 is 2.63 bits per heavy atom. The number of nitrogens with two attached hydrogens (primary N) is 1. The molecule has 0 saturated carbocycles. The summed E-state index contributed by atoms with van der Waals surface area (Å²) in [5, 5.41) is 4.35. The van der Waals surface area contributed by atoms with Crippen molar-refractivity contribution in [3.63, 3.8) is 0 Å². The van der Waals surface area contributed by atoms with E-state index in [1.54, 1.807) is 7.11 Å². The predicted molar refractivity (Wildman–Crippen MR) is 76.3 cm³/mol. The molecule has 0 radical (unpaired) electrons. The lowest BCUT2D eigenvalue weighted by Crippen LogP contribution is -2.16.